The molecule has 1 aromatic heterocycles. The Balaban J connectivity index is 3.56. The number of aromatic nitrogens is 3. The van der Waals surface area contributed by atoms with Crippen LogP contribution in [0.3, 0.4) is 0 Å². The molecule has 12 heavy (non-hydrogen) atoms. The topological polar surface area (TPSA) is 48.9 Å². The molecule has 0 aliphatic rings. The van der Waals surface area contributed by atoms with E-state index >= 15 is 0 Å². The van der Waals surface area contributed by atoms with E-state index < -0.39 is 11.4 Å². The highest BCUT2D eigenvalue weighted by Crippen LogP contribution is 1.87. The van der Waals surface area contributed by atoms with Crippen LogP contribution in [0.4, 0.5) is 0 Å². The summed E-state index contributed by atoms with van der Waals surface area (Å²) in [6, 6.07) is -0.163. The SMILES string of the molecule is Cn1c(=O)n(CCl)n(CCl)c1=O. The Labute approximate surface area is 77.7 Å². The zero-order valence-corrected chi connectivity index (χ0v) is 7.84. The van der Waals surface area contributed by atoms with Crippen molar-refractivity contribution in [1.29, 1.82) is 0 Å². The molecule has 0 fully saturated rings. The molecule has 0 aliphatic carbocycles. The minimum absolute atomic E-state index is 0.0817. The van der Waals surface area contributed by atoms with Crippen molar-refractivity contribution >= 4 is 23.2 Å². The van der Waals surface area contributed by atoms with Crippen LogP contribution < -0.4 is 11.4 Å². The van der Waals surface area contributed by atoms with E-state index in [1.54, 1.807) is 0 Å². The summed E-state index contributed by atoms with van der Waals surface area (Å²) < 4.78 is 3.08. The molecule has 7 heteroatoms. The summed E-state index contributed by atoms with van der Waals surface area (Å²) in [4.78, 5) is 22.3. The third-order valence-electron chi connectivity index (χ3n) is 1.53. The zero-order chi connectivity index (χ0) is 9.30. The van der Waals surface area contributed by atoms with Crippen LogP contribution in [0, 0.1) is 0 Å². The van der Waals surface area contributed by atoms with Crippen LogP contribution in [-0.4, -0.2) is 13.9 Å². The summed E-state index contributed by atoms with van der Waals surface area (Å²) in [6.07, 6.45) is 0. The number of rotatable bonds is 2. The van der Waals surface area contributed by atoms with Gasteiger partial charge in [0.25, 0.3) is 0 Å². The Morgan fingerprint density at radius 2 is 1.42 bits per heavy atom. The molecule has 0 saturated heterocycles. The summed E-state index contributed by atoms with van der Waals surface area (Å²) in [5, 5.41) is 0. The number of halogens is 2. The molecule has 5 nitrogen and oxygen atoms in total. The number of alkyl halides is 2. The highest BCUT2D eigenvalue weighted by Gasteiger charge is 2.10. The summed E-state index contributed by atoms with van der Waals surface area (Å²) in [5.74, 6) is 0. The summed E-state index contributed by atoms with van der Waals surface area (Å²) in [6.45, 7) is 0. The fourth-order valence-electron chi connectivity index (χ4n) is 0.866. The Morgan fingerprint density at radius 3 is 1.67 bits per heavy atom. The predicted molar refractivity (Wildman–Crippen MR) is 45.6 cm³/mol. The highest BCUT2D eigenvalue weighted by atomic mass is 35.5. The fourth-order valence-corrected chi connectivity index (χ4v) is 1.33. The van der Waals surface area contributed by atoms with Gasteiger partial charge in [-0.05, 0) is 0 Å². The van der Waals surface area contributed by atoms with E-state index in [9.17, 15) is 9.59 Å². The van der Waals surface area contributed by atoms with Gasteiger partial charge >= 0.3 is 11.4 Å². The lowest BCUT2D eigenvalue weighted by atomic mass is 11.0. The average Bonchev–Trinajstić information content (AvgIpc) is 2.29. The Morgan fingerprint density at radius 1 is 1.08 bits per heavy atom. The first-order valence-electron chi connectivity index (χ1n) is 3.12. The molecule has 0 aromatic carbocycles. The second-order valence-electron chi connectivity index (χ2n) is 2.16. The zero-order valence-electron chi connectivity index (χ0n) is 6.33. The van der Waals surface area contributed by atoms with E-state index in [1.807, 2.05) is 0 Å². The number of nitrogens with zero attached hydrogens (tertiary/aromatic N) is 3. The van der Waals surface area contributed by atoms with Gasteiger partial charge in [0.15, 0.2) is 0 Å². The third-order valence-corrected chi connectivity index (χ3v) is 1.99. The lowest BCUT2D eigenvalue weighted by Crippen LogP contribution is -2.25. The van der Waals surface area contributed by atoms with E-state index in [1.165, 1.54) is 7.05 Å². The van der Waals surface area contributed by atoms with Crippen molar-refractivity contribution in [2.45, 2.75) is 12.0 Å². The van der Waals surface area contributed by atoms with Gasteiger partial charge in [-0.1, -0.05) is 0 Å². The van der Waals surface area contributed by atoms with Gasteiger partial charge in [-0.25, -0.2) is 23.5 Å². The van der Waals surface area contributed by atoms with E-state index in [0.29, 0.717) is 0 Å². The Bertz CT molecular complexity index is 353. The quantitative estimate of drug-likeness (QED) is 0.634. The first-order chi connectivity index (χ1) is 5.63. The first kappa shape index (κ1) is 9.41. The normalized spacial score (nSPS) is 10.6. The van der Waals surface area contributed by atoms with Crippen LogP contribution in [0.2, 0.25) is 0 Å². The highest BCUT2D eigenvalue weighted by molar-refractivity contribution is 6.16. The van der Waals surface area contributed by atoms with Crippen molar-refractivity contribution in [2.75, 3.05) is 0 Å². The minimum atomic E-state index is -0.462. The van der Waals surface area contributed by atoms with Gasteiger partial charge in [0.05, 0.1) is 0 Å². The summed E-state index contributed by atoms with van der Waals surface area (Å²) in [7, 11) is 1.37. The van der Waals surface area contributed by atoms with Crippen LogP contribution in [0.5, 0.6) is 0 Å². The molecule has 0 bridgehead atoms. The Hall–Kier alpha value is -0.680. The van der Waals surface area contributed by atoms with Gasteiger partial charge in [-0.15, -0.1) is 23.2 Å². The van der Waals surface area contributed by atoms with Crippen molar-refractivity contribution < 1.29 is 0 Å². The molecule has 0 unspecified atom stereocenters. The molecule has 1 rings (SSSR count). The first-order valence-corrected chi connectivity index (χ1v) is 4.19. The maximum absolute atomic E-state index is 11.2. The van der Waals surface area contributed by atoms with Crippen LogP contribution >= 0.6 is 23.2 Å². The fraction of sp³-hybridized carbons (Fsp3) is 0.600. The molecule has 1 heterocycles. The van der Waals surface area contributed by atoms with Crippen LogP contribution in [0.25, 0.3) is 0 Å². The number of hydrogen-bond acceptors (Lipinski definition) is 2. The van der Waals surface area contributed by atoms with Crippen molar-refractivity contribution in [1.82, 2.24) is 13.9 Å². The van der Waals surface area contributed by atoms with Gasteiger partial charge in [0.2, 0.25) is 0 Å². The smallest absolute Gasteiger partial charge is 0.246 e. The van der Waals surface area contributed by atoms with Crippen LogP contribution in [0.15, 0.2) is 9.59 Å². The van der Waals surface area contributed by atoms with Crippen molar-refractivity contribution in [2.24, 2.45) is 7.05 Å². The Kier molecular flexibility index (Phi) is 2.64. The third kappa shape index (κ3) is 1.19. The molecule has 1 aromatic rings. The lowest BCUT2D eigenvalue weighted by molar-refractivity contribution is 0.541. The molecule has 0 N–H and O–H groups in total. The summed E-state index contributed by atoms with van der Waals surface area (Å²) >= 11 is 10.9. The van der Waals surface area contributed by atoms with Crippen molar-refractivity contribution in [3.05, 3.63) is 21.0 Å². The summed E-state index contributed by atoms with van der Waals surface area (Å²) in [5.41, 5.74) is -0.925. The van der Waals surface area contributed by atoms with Gasteiger partial charge < -0.3 is 0 Å². The van der Waals surface area contributed by atoms with Gasteiger partial charge in [0.1, 0.15) is 12.0 Å². The predicted octanol–water partition coefficient (Wildman–Crippen LogP) is -0.259. The second-order valence-corrected chi connectivity index (χ2v) is 2.64. The largest absolute Gasteiger partial charge is 0.348 e. The molecule has 0 radical (unpaired) electrons. The molecular weight excluding hydrogens is 205 g/mol. The maximum atomic E-state index is 11.2. The minimum Gasteiger partial charge on any atom is -0.246 e. The van der Waals surface area contributed by atoms with Gasteiger partial charge in [-0.2, -0.15) is 0 Å². The molecule has 0 amide bonds. The standard InChI is InChI=1S/C5H7Cl2N3O2/c1-8-4(11)9(2-6)10(3-7)5(8)12/h2-3H2,1H3. The van der Waals surface area contributed by atoms with E-state index in [0.717, 1.165) is 13.9 Å². The molecule has 0 saturated carbocycles. The molecule has 0 spiro atoms. The van der Waals surface area contributed by atoms with Crippen molar-refractivity contribution in [3.63, 3.8) is 0 Å². The van der Waals surface area contributed by atoms with Crippen LogP contribution in [0.1, 0.15) is 0 Å². The lowest BCUT2D eigenvalue weighted by Gasteiger charge is -1.99. The molecule has 0 atom stereocenters. The van der Waals surface area contributed by atoms with E-state index in [-0.39, 0.29) is 12.0 Å². The van der Waals surface area contributed by atoms with Crippen LogP contribution in [-0.2, 0) is 19.1 Å². The molecule has 68 valence electrons. The van der Waals surface area contributed by atoms with E-state index in [2.05, 4.69) is 0 Å². The van der Waals surface area contributed by atoms with Crippen molar-refractivity contribution in [3.8, 4) is 0 Å². The molecule has 0 aliphatic heterocycles. The van der Waals surface area contributed by atoms with Gasteiger partial charge in [0, 0.05) is 7.05 Å². The molecular formula is C5H7Cl2N3O2. The average molecular weight is 212 g/mol. The van der Waals surface area contributed by atoms with E-state index in [4.69, 9.17) is 23.2 Å². The van der Waals surface area contributed by atoms with Gasteiger partial charge in [-0.3, -0.25) is 0 Å². The second kappa shape index (κ2) is 3.37. The maximum Gasteiger partial charge on any atom is 0.348 e. The monoisotopic (exact) mass is 211 g/mol. The number of hydrogen-bond donors (Lipinski definition) is 0.